The van der Waals surface area contributed by atoms with Gasteiger partial charge in [0.25, 0.3) is 0 Å². The summed E-state index contributed by atoms with van der Waals surface area (Å²) in [5, 5.41) is 8.44. The van der Waals surface area contributed by atoms with E-state index in [1.807, 2.05) is 24.8 Å². The highest BCUT2D eigenvalue weighted by Crippen LogP contribution is 2.46. The molecular formula is C32H35Cl2N3O6. The molecule has 2 amide bonds. The molecule has 2 aromatic carbocycles. The molecule has 2 bridgehead atoms. The molecule has 6 rings (SSSR count). The molecule has 1 N–H and O–H groups in total. The maximum absolute atomic E-state index is 13.6. The summed E-state index contributed by atoms with van der Waals surface area (Å²) in [5.74, 6) is 1.15. The van der Waals surface area contributed by atoms with Crippen molar-refractivity contribution in [2.75, 3.05) is 12.4 Å². The highest BCUT2D eigenvalue weighted by atomic mass is 35.5. The Hall–Kier alpha value is -3.27. The zero-order valence-corrected chi connectivity index (χ0v) is 25.9. The van der Waals surface area contributed by atoms with Gasteiger partial charge in [-0.25, -0.2) is 9.59 Å². The number of benzene rings is 2. The Bertz CT molecular complexity index is 1490. The molecule has 3 aliphatic rings. The Morgan fingerprint density at radius 2 is 1.77 bits per heavy atom. The molecule has 11 heteroatoms. The second-order valence-corrected chi connectivity index (χ2v) is 12.6. The molecule has 3 atom stereocenters. The molecule has 228 valence electrons. The normalized spacial score (nSPS) is 21.3. The maximum Gasteiger partial charge on any atom is 0.337 e. The van der Waals surface area contributed by atoms with Crippen LogP contribution in [0.4, 0.5) is 10.5 Å². The second-order valence-electron chi connectivity index (χ2n) is 11.7. The van der Waals surface area contributed by atoms with Crippen molar-refractivity contribution in [1.29, 1.82) is 0 Å². The third kappa shape index (κ3) is 6.21. The zero-order valence-electron chi connectivity index (χ0n) is 24.4. The average Bonchev–Trinajstić information content (AvgIpc) is 3.68. The SMILES string of the molecule is COC(=O)c1ccc(NC(=O)N2C3CC[C@H]2CC(OCc2c(-c4c(Cl)cccc4Cl)noc2C2CC2)C3)c(OC(C)C)c1. The summed E-state index contributed by atoms with van der Waals surface area (Å²) in [6.07, 6.45) is 5.24. The maximum atomic E-state index is 13.6. The van der Waals surface area contributed by atoms with Crippen LogP contribution in [0.2, 0.25) is 10.0 Å². The Labute approximate surface area is 260 Å². The lowest BCUT2D eigenvalue weighted by Crippen LogP contribution is -2.50. The minimum Gasteiger partial charge on any atom is -0.489 e. The van der Waals surface area contributed by atoms with E-state index in [1.165, 1.54) is 7.11 Å². The quantitative estimate of drug-likeness (QED) is 0.241. The van der Waals surface area contributed by atoms with E-state index in [-0.39, 0.29) is 30.3 Å². The predicted molar refractivity (Wildman–Crippen MR) is 163 cm³/mol. The van der Waals surface area contributed by atoms with Crippen molar-refractivity contribution < 1.29 is 28.3 Å². The van der Waals surface area contributed by atoms with Crippen LogP contribution in [0.15, 0.2) is 40.9 Å². The van der Waals surface area contributed by atoms with Gasteiger partial charge in [0.1, 0.15) is 17.2 Å². The van der Waals surface area contributed by atoms with Crippen molar-refractivity contribution in [2.24, 2.45) is 0 Å². The van der Waals surface area contributed by atoms with Crippen LogP contribution in [0.5, 0.6) is 5.75 Å². The number of nitrogens with one attached hydrogen (secondary N) is 1. The number of anilines is 1. The smallest absolute Gasteiger partial charge is 0.337 e. The van der Waals surface area contributed by atoms with Gasteiger partial charge in [-0.05, 0) is 82.7 Å². The molecule has 3 heterocycles. The van der Waals surface area contributed by atoms with E-state index in [1.54, 1.807) is 30.3 Å². The van der Waals surface area contributed by atoms with Crippen molar-refractivity contribution in [3.05, 3.63) is 63.3 Å². The topological polar surface area (TPSA) is 103 Å². The minimum absolute atomic E-state index is 0.0164. The van der Waals surface area contributed by atoms with E-state index in [0.29, 0.717) is 50.8 Å². The summed E-state index contributed by atoms with van der Waals surface area (Å²) in [6, 6.07) is 10.2. The second kappa shape index (κ2) is 12.4. The van der Waals surface area contributed by atoms with Crippen LogP contribution in [0.1, 0.15) is 80.0 Å². The summed E-state index contributed by atoms with van der Waals surface area (Å²) in [4.78, 5) is 27.6. The zero-order chi connectivity index (χ0) is 30.2. The van der Waals surface area contributed by atoms with E-state index < -0.39 is 5.97 Å². The number of hydrogen-bond donors (Lipinski definition) is 1. The van der Waals surface area contributed by atoms with Gasteiger partial charge in [0.05, 0.1) is 47.2 Å². The number of aromatic nitrogens is 1. The van der Waals surface area contributed by atoms with Crippen molar-refractivity contribution in [2.45, 2.75) is 89.2 Å². The number of nitrogens with zero attached hydrogens (tertiary/aromatic N) is 2. The fourth-order valence-corrected chi connectivity index (χ4v) is 6.82. The van der Waals surface area contributed by atoms with Gasteiger partial charge in [-0.15, -0.1) is 0 Å². The lowest BCUT2D eigenvalue weighted by atomic mass is 9.99. The number of hydrogen-bond acceptors (Lipinski definition) is 7. The largest absolute Gasteiger partial charge is 0.489 e. The monoisotopic (exact) mass is 627 g/mol. The van der Waals surface area contributed by atoms with Crippen LogP contribution in [0.3, 0.4) is 0 Å². The third-order valence-electron chi connectivity index (χ3n) is 8.36. The van der Waals surface area contributed by atoms with Gasteiger partial charge in [-0.1, -0.05) is 34.4 Å². The summed E-state index contributed by atoms with van der Waals surface area (Å²) in [7, 11) is 1.33. The fraction of sp³-hybridized carbons (Fsp3) is 0.469. The number of esters is 1. The van der Waals surface area contributed by atoms with Gasteiger partial charge < -0.3 is 29.0 Å². The summed E-state index contributed by atoms with van der Waals surface area (Å²) >= 11 is 13.0. The van der Waals surface area contributed by atoms with Crippen LogP contribution in [-0.4, -0.2) is 53.5 Å². The Kier molecular flexibility index (Phi) is 8.58. The molecule has 0 spiro atoms. The summed E-state index contributed by atoms with van der Waals surface area (Å²) < 4.78 is 23.1. The predicted octanol–water partition coefficient (Wildman–Crippen LogP) is 7.84. The van der Waals surface area contributed by atoms with Crippen molar-refractivity contribution >= 4 is 40.9 Å². The molecule has 9 nitrogen and oxygen atoms in total. The number of amides is 2. The first-order chi connectivity index (χ1) is 20.7. The molecule has 43 heavy (non-hydrogen) atoms. The van der Waals surface area contributed by atoms with Gasteiger partial charge in [0, 0.05) is 29.1 Å². The van der Waals surface area contributed by atoms with Crippen molar-refractivity contribution in [3.63, 3.8) is 0 Å². The van der Waals surface area contributed by atoms with Crippen LogP contribution in [0, 0.1) is 0 Å². The molecule has 1 aliphatic carbocycles. The number of rotatable bonds is 9. The van der Waals surface area contributed by atoms with Gasteiger partial charge in [-0.2, -0.15) is 0 Å². The number of ether oxygens (including phenoxy) is 3. The van der Waals surface area contributed by atoms with Gasteiger partial charge >= 0.3 is 12.0 Å². The number of methoxy groups -OCH3 is 1. The summed E-state index contributed by atoms with van der Waals surface area (Å²) in [6.45, 7) is 4.12. The first-order valence-electron chi connectivity index (χ1n) is 14.8. The number of fused-ring (bicyclic) bond motifs is 2. The van der Waals surface area contributed by atoms with Crippen LogP contribution in [-0.2, 0) is 16.1 Å². The van der Waals surface area contributed by atoms with E-state index in [2.05, 4.69) is 10.5 Å². The average molecular weight is 629 g/mol. The van der Waals surface area contributed by atoms with E-state index >= 15 is 0 Å². The Morgan fingerprint density at radius 3 is 2.40 bits per heavy atom. The molecule has 0 radical (unpaired) electrons. The lowest BCUT2D eigenvalue weighted by molar-refractivity contribution is -0.0158. The van der Waals surface area contributed by atoms with E-state index in [4.69, 9.17) is 41.9 Å². The minimum atomic E-state index is -0.468. The molecule has 2 aliphatic heterocycles. The van der Waals surface area contributed by atoms with E-state index in [9.17, 15) is 9.59 Å². The number of carbonyl (C=O) groups is 2. The van der Waals surface area contributed by atoms with Crippen LogP contribution < -0.4 is 10.1 Å². The first-order valence-corrected chi connectivity index (χ1v) is 15.5. The highest BCUT2D eigenvalue weighted by Gasteiger charge is 2.44. The molecule has 2 saturated heterocycles. The molecule has 3 fully saturated rings. The highest BCUT2D eigenvalue weighted by molar-refractivity contribution is 6.39. The molecular weight excluding hydrogens is 593 g/mol. The number of piperidine rings is 1. The van der Waals surface area contributed by atoms with E-state index in [0.717, 1.165) is 49.8 Å². The summed E-state index contributed by atoms with van der Waals surface area (Å²) in [5.41, 5.74) is 3.06. The Morgan fingerprint density at radius 1 is 1.07 bits per heavy atom. The van der Waals surface area contributed by atoms with Crippen molar-refractivity contribution in [1.82, 2.24) is 10.1 Å². The molecule has 1 aromatic heterocycles. The number of carbonyl (C=O) groups excluding carboxylic acids is 2. The number of halogens is 2. The molecule has 1 saturated carbocycles. The van der Waals surface area contributed by atoms with Crippen LogP contribution in [0.25, 0.3) is 11.3 Å². The fourth-order valence-electron chi connectivity index (χ4n) is 6.25. The van der Waals surface area contributed by atoms with Gasteiger partial charge in [0.15, 0.2) is 0 Å². The lowest BCUT2D eigenvalue weighted by Gasteiger charge is -2.38. The molecule has 2 unspecified atom stereocenters. The number of urea groups is 1. The van der Waals surface area contributed by atoms with Crippen LogP contribution >= 0.6 is 23.2 Å². The van der Waals surface area contributed by atoms with Crippen molar-refractivity contribution in [3.8, 4) is 17.0 Å². The third-order valence-corrected chi connectivity index (χ3v) is 8.99. The van der Waals surface area contributed by atoms with Gasteiger partial charge in [-0.3, -0.25) is 0 Å². The molecule has 3 aromatic rings. The standard InChI is InChI=1S/C32H35Cl2N3O6/c1-17(2)42-27-13-19(31(38)40-3)9-12-26(27)35-32(39)37-20-10-11-21(37)15-22(14-20)41-16-23-29(36-43-30(23)18-7-8-18)28-24(33)5-4-6-25(28)34/h4-6,9,12-13,17-18,20-22H,7-8,10-11,14-16H2,1-3H3,(H,35,39)/t20-,21?,22?/m0/s1. The Balaban J connectivity index is 1.14. The first kappa shape index (κ1) is 29.8. The van der Waals surface area contributed by atoms with Gasteiger partial charge in [0.2, 0.25) is 0 Å².